The standard InChI is InChI=1S/C22H24N2O6S/c1-14(25)18-10-20-21(30-13-29-20)11-19(18)24-22(26)12-23-15-5-4-8-17(9-15)31(27,28)16-6-2-3-7-16/h4-5,8-11,16,23H,2-3,6-7,12-13H2,1H3,(H,24,26). The van der Waals surface area contributed by atoms with Crippen molar-refractivity contribution in [2.75, 3.05) is 24.0 Å². The summed E-state index contributed by atoms with van der Waals surface area (Å²) in [5.41, 5.74) is 1.19. The second kappa shape index (κ2) is 8.58. The molecule has 0 aromatic heterocycles. The molecule has 164 valence electrons. The first-order valence-electron chi connectivity index (χ1n) is 10.2. The van der Waals surface area contributed by atoms with Crippen LogP contribution >= 0.6 is 0 Å². The van der Waals surface area contributed by atoms with Crippen molar-refractivity contribution in [2.45, 2.75) is 42.8 Å². The van der Waals surface area contributed by atoms with Crippen molar-refractivity contribution in [3.8, 4) is 11.5 Å². The maximum absolute atomic E-state index is 12.8. The SMILES string of the molecule is CC(=O)c1cc2c(cc1NC(=O)CNc1cccc(S(=O)(=O)C3CCCC3)c1)OCO2. The molecule has 0 radical (unpaired) electrons. The highest BCUT2D eigenvalue weighted by Gasteiger charge is 2.30. The number of nitrogens with one attached hydrogen (secondary N) is 2. The third kappa shape index (κ3) is 4.51. The Hall–Kier alpha value is -3.07. The fraction of sp³-hybridized carbons (Fsp3) is 0.364. The van der Waals surface area contributed by atoms with Gasteiger partial charge in [-0.25, -0.2) is 8.42 Å². The van der Waals surface area contributed by atoms with Crippen LogP contribution in [0.1, 0.15) is 43.0 Å². The Balaban J connectivity index is 1.44. The monoisotopic (exact) mass is 444 g/mol. The summed E-state index contributed by atoms with van der Waals surface area (Å²) in [5.74, 6) is 0.316. The number of Topliss-reactive ketones (excluding diaryl/α,β-unsaturated/α-hetero) is 1. The van der Waals surface area contributed by atoms with E-state index in [0.717, 1.165) is 12.8 Å². The number of rotatable bonds is 7. The second-order valence-electron chi connectivity index (χ2n) is 7.69. The molecule has 1 aliphatic carbocycles. The van der Waals surface area contributed by atoms with Gasteiger partial charge >= 0.3 is 0 Å². The average molecular weight is 445 g/mol. The van der Waals surface area contributed by atoms with Crippen LogP contribution in [0, 0.1) is 0 Å². The summed E-state index contributed by atoms with van der Waals surface area (Å²) in [7, 11) is -3.37. The smallest absolute Gasteiger partial charge is 0.243 e. The number of fused-ring (bicyclic) bond motifs is 1. The summed E-state index contributed by atoms with van der Waals surface area (Å²) in [6.07, 6.45) is 3.25. The van der Waals surface area contributed by atoms with E-state index in [4.69, 9.17) is 9.47 Å². The Labute approximate surface area is 180 Å². The molecule has 1 fully saturated rings. The molecule has 0 bridgehead atoms. The Morgan fingerprint density at radius 2 is 1.77 bits per heavy atom. The molecule has 2 aromatic rings. The first-order valence-corrected chi connectivity index (χ1v) is 11.7. The molecule has 1 aliphatic heterocycles. The predicted molar refractivity (Wildman–Crippen MR) is 116 cm³/mol. The quantitative estimate of drug-likeness (QED) is 0.630. The first-order chi connectivity index (χ1) is 14.8. The van der Waals surface area contributed by atoms with E-state index in [1.54, 1.807) is 36.4 Å². The Morgan fingerprint density at radius 1 is 1.06 bits per heavy atom. The minimum atomic E-state index is -3.37. The van der Waals surface area contributed by atoms with Gasteiger partial charge in [0.05, 0.1) is 22.4 Å². The number of ether oxygens (including phenoxy) is 2. The molecular weight excluding hydrogens is 420 g/mol. The molecule has 2 aromatic carbocycles. The van der Waals surface area contributed by atoms with E-state index in [1.807, 2.05) is 0 Å². The molecule has 0 spiro atoms. The van der Waals surface area contributed by atoms with E-state index < -0.39 is 9.84 Å². The van der Waals surface area contributed by atoms with Crippen molar-refractivity contribution in [3.63, 3.8) is 0 Å². The van der Waals surface area contributed by atoms with Crippen LogP contribution < -0.4 is 20.1 Å². The molecule has 2 N–H and O–H groups in total. The van der Waals surface area contributed by atoms with Crippen LogP contribution in [0.3, 0.4) is 0 Å². The fourth-order valence-corrected chi connectivity index (χ4v) is 5.79. The zero-order valence-corrected chi connectivity index (χ0v) is 18.0. The van der Waals surface area contributed by atoms with Gasteiger partial charge < -0.3 is 20.1 Å². The van der Waals surface area contributed by atoms with Gasteiger partial charge in [0.1, 0.15) is 0 Å². The largest absolute Gasteiger partial charge is 0.454 e. The Morgan fingerprint density at radius 3 is 2.48 bits per heavy atom. The van der Waals surface area contributed by atoms with E-state index >= 15 is 0 Å². The lowest BCUT2D eigenvalue weighted by molar-refractivity contribution is -0.114. The van der Waals surface area contributed by atoms with Crippen LogP contribution in [-0.4, -0.2) is 38.7 Å². The predicted octanol–water partition coefficient (Wildman–Crippen LogP) is 3.38. The molecule has 2 aliphatic rings. The van der Waals surface area contributed by atoms with Crippen molar-refractivity contribution >= 4 is 32.9 Å². The van der Waals surface area contributed by atoms with Gasteiger partial charge in [0.15, 0.2) is 27.1 Å². The first kappa shape index (κ1) is 21.2. The Bertz CT molecular complexity index is 1120. The van der Waals surface area contributed by atoms with Crippen molar-refractivity contribution in [1.29, 1.82) is 0 Å². The molecule has 31 heavy (non-hydrogen) atoms. The fourth-order valence-electron chi connectivity index (χ4n) is 3.89. The highest BCUT2D eigenvalue weighted by molar-refractivity contribution is 7.92. The minimum absolute atomic E-state index is 0.0612. The number of benzene rings is 2. The van der Waals surface area contributed by atoms with Gasteiger partial charge in [-0.15, -0.1) is 0 Å². The van der Waals surface area contributed by atoms with Crippen molar-refractivity contribution in [1.82, 2.24) is 0 Å². The third-order valence-electron chi connectivity index (χ3n) is 5.52. The number of hydrogen-bond donors (Lipinski definition) is 2. The summed E-state index contributed by atoms with van der Waals surface area (Å²) < 4.78 is 36.2. The number of carbonyl (C=O) groups is 2. The van der Waals surface area contributed by atoms with Crippen molar-refractivity contribution in [2.24, 2.45) is 0 Å². The van der Waals surface area contributed by atoms with Crippen LogP contribution in [0.2, 0.25) is 0 Å². The van der Waals surface area contributed by atoms with E-state index in [9.17, 15) is 18.0 Å². The number of anilines is 2. The van der Waals surface area contributed by atoms with Gasteiger partial charge in [-0.3, -0.25) is 9.59 Å². The van der Waals surface area contributed by atoms with Gasteiger partial charge in [0.2, 0.25) is 12.7 Å². The number of ketones is 1. The molecule has 1 saturated carbocycles. The average Bonchev–Trinajstić information content (AvgIpc) is 3.44. The van der Waals surface area contributed by atoms with Gasteiger partial charge in [0, 0.05) is 17.3 Å². The van der Waals surface area contributed by atoms with Crippen LogP contribution in [-0.2, 0) is 14.6 Å². The normalized spacial score (nSPS) is 15.6. The molecule has 0 atom stereocenters. The van der Waals surface area contributed by atoms with Crippen LogP contribution in [0.4, 0.5) is 11.4 Å². The van der Waals surface area contributed by atoms with Crippen molar-refractivity contribution < 1.29 is 27.5 Å². The van der Waals surface area contributed by atoms with Gasteiger partial charge in [-0.2, -0.15) is 0 Å². The maximum atomic E-state index is 12.8. The summed E-state index contributed by atoms with van der Waals surface area (Å²) in [4.78, 5) is 24.7. The van der Waals surface area contributed by atoms with Crippen LogP contribution in [0.25, 0.3) is 0 Å². The minimum Gasteiger partial charge on any atom is -0.454 e. The van der Waals surface area contributed by atoms with E-state index in [2.05, 4.69) is 10.6 Å². The summed E-state index contributed by atoms with van der Waals surface area (Å²) in [6.45, 7) is 1.37. The van der Waals surface area contributed by atoms with E-state index in [0.29, 0.717) is 41.3 Å². The highest BCUT2D eigenvalue weighted by Crippen LogP contribution is 2.37. The summed E-state index contributed by atoms with van der Waals surface area (Å²) in [5, 5.41) is 5.33. The highest BCUT2D eigenvalue weighted by atomic mass is 32.2. The number of amides is 1. The second-order valence-corrected chi connectivity index (χ2v) is 9.92. The van der Waals surface area contributed by atoms with E-state index in [1.165, 1.54) is 6.92 Å². The van der Waals surface area contributed by atoms with Crippen LogP contribution in [0.15, 0.2) is 41.3 Å². The zero-order chi connectivity index (χ0) is 22.0. The number of sulfone groups is 1. The van der Waals surface area contributed by atoms with Gasteiger partial charge in [-0.05, 0) is 44.0 Å². The lowest BCUT2D eigenvalue weighted by Gasteiger charge is -2.14. The molecular formula is C22H24N2O6S. The molecule has 9 heteroatoms. The van der Waals surface area contributed by atoms with E-state index in [-0.39, 0.29) is 35.2 Å². The zero-order valence-electron chi connectivity index (χ0n) is 17.1. The summed E-state index contributed by atoms with van der Waals surface area (Å²) >= 11 is 0. The third-order valence-corrected chi connectivity index (χ3v) is 7.78. The van der Waals surface area contributed by atoms with Crippen LogP contribution in [0.5, 0.6) is 11.5 Å². The molecule has 0 unspecified atom stereocenters. The molecule has 0 saturated heterocycles. The molecule has 8 nitrogen and oxygen atoms in total. The molecule has 1 heterocycles. The lowest BCUT2D eigenvalue weighted by atomic mass is 10.1. The van der Waals surface area contributed by atoms with Gasteiger partial charge in [-0.1, -0.05) is 18.9 Å². The Kier molecular flexibility index (Phi) is 5.86. The number of carbonyl (C=O) groups excluding carboxylic acids is 2. The lowest BCUT2D eigenvalue weighted by Crippen LogP contribution is -2.23. The van der Waals surface area contributed by atoms with Crippen molar-refractivity contribution in [3.05, 3.63) is 42.0 Å². The summed E-state index contributed by atoms with van der Waals surface area (Å²) in [6, 6.07) is 9.63. The maximum Gasteiger partial charge on any atom is 0.243 e. The van der Waals surface area contributed by atoms with Gasteiger partial charge in [0.25, 0.3) is 0 Å². The number of hydrogen-bond acceptors (Lipinski definition) is 7. The molecule has 1 amide bonds. The topological polar surface area (TPSA) is 111 Å². The molecule has 4 rings (SSSR count).